The van der Waals surface area contributed by atoms with Crippen molar-refractivity contribution in [1.29, 1.82) is 0 Å². The van der Waals surface area contributed by atoms with Crippen LogP contribution in [0.5, 0.6) is 5.75 Å². The van der Waals surface area contributed by atoms with Gasteiger partial charge < -0.3 is 9.47 Å². The number of fused-ring (bicyclic) bond motifs is 1. The number of halogens is 4. The molecule has 1 atom stereocenters. The molecule has 0 aromatic heterocycles. The third kappa shape index (κ3) is 6.39. The number of esters is 1. The van der Waals surface area contributed by atoms with E-state index in [1.807, 2.05) is 0 Å². The van der Waals surface area contributed by atoms with Crippen molar-refractivity contribution in [2.45, 2.75) is 36.9 Å². The fraction of sp³-hybridized carbons (Fsp3) is 0.250. The molecule has 0 bridgehead atoms. The van der Waals surface area contributed by atoms with Crippen molar-refractivity contribution in [1.82, 2.24) is 0 Å². The van der Waals surface area contributed by atoms with Crippen LogP contribution >= 0.6 is 11.6 Å². The van der Waals surface area contributed by atoms with Gasteiger partial charge in [0.15, 0.2) is 0 Å². The number of sulfonamides is 1. The number of rotatable bonds is 7. The summed E-state index contributed by atoms with van der Waals surface area (Å²) in [4.78, 5) is 11.8. The standard InChI is InChI=1S/C28H25ClF3NO5S/c1-18-5-3-6-21(15-18)39(35,36)33-17-20(11-14-27(34)37-2)38-26-13-10-19(16-25(26)33)9-12-22-23(28(30,31)32)7-4-8-24(22)29/h3-10,12-13,15-16,20H,11,14,17H2,1-2H3/b12-9+/t20-/m0/s1. The first kappa shape index (κ1) is 28.5. The Kier molecular flexibility index (Phi) is 8.27. The van der Waals surface area contributed by atoms with Gasteiger partial charge in [-0.3, -0.25) is 9.10 Å². The molecule has 0 saturated carbocycles. The summed E-state index contributed by atoms with van der Waals surface area (Å²) in [5.74, 6) is -0.186. The zero-order valence-electron chi connectivity index (χ0n) is 21.0. The van der Waals surface area contributed by atoms with Gasteiger partial charge in [0.25, 0.3) is 10.0 Å². The maximum Gasteiger partial charge on any atom is 0.417 e. The first-order chi connectivity index (χ1) is 18.4. The van der Waals surface area contributed by atoms with E-state index in [0.29, 0.717) is 5.56 Å². The first-order valence-corrected chi connectivity index (χ1v) is 13.7. The van der Waals surface area contributed by atoms with E-state index in [4.69, 9.17) is 21.1 Å². The van der Waals surface area contributed by atoms with Gasteiger partial charge in [0.2, 0.25) is 0 Å². The monoisotopic (exact) mass is 579 g/mol. The predicted molar refractivity (Wildman–Crippen MR) is 143 cm³/mol. The Labute approximate surface area is 229 Å². The van der Waals surface area contributed by atoms with E-state index in [0.717, 1.165) is 11.6 Å². The number of methoxy groups -OCH3 is 1. The minimum Gasteiger partial charge on any atom is -0.486 e. The highest BCUT2D eigenvalue weighted by Crippen LogP contribution is 2.40. The van der Waals surface area contributed by atoms with E-state index in [9.17, 15) is 26.4 Å². The lowest BCUT2D eigenvalue weighted by Gasteiger charge is -2.35. The van der Waals surface area contributed by atoms with Gasteiger partial charge in [-0.15, -0.1) is 0 Å². The molecule has 1 heterocycles. The number of carbonyl (C=O) groups is 1. The minimum absolute atomic E-state index is 0.0367. The number of hydrogen-bond acceptors (Lipinski definition) is 5. The third-order valence-electron chi connectivity index (χ3n) is 6.19. The van der Waals surface area contributed by atoms with Crippen LogP contribution in [0.25, 0.3) is 12.2 Å². The molecule has 0 saturated heterocycles. The lowest BCUT2D eigenvalue weighted by atomic mass is 10.0. The van der Waals surface area contributed by atoms with Crippen molar-refractivity contribution >= 4 is 45.4 Å². The molecule has 0 aliphatic carbocycles. The second kappa shape index (κ2) is 11.3. The molecule has 0 unspecified atom stereocenters. The van der Waals surface area contributed by atoms with E-state index >= 15 is 0 Å². The molecule has 206 valence electrons. The summed E-state index contributed by atoms with van der Waals surface area (Å²) in [6, 6.07) is 14.7. The van der Waals surface area contributed by atoms with Gasteiger partial charge in [-0.25, -0.2) is 8.42 Å². The van der Waals surface area contributed by atoms with Gasteiger partial charge in [-0.05, 0) is 60.9 Å². The smallest absolute Gasteiger partial charge is 0.417 e. The molecule has 0 N–H and O–H groups in total. The van der Waals surface area contributed by atoms with Crippen molar-refractivity contribution in [3.63, 3.8) is 0 Å². The SMILES string of the molecule is COC(=O)CC[C@H]1CN(S(=O)(=O)c2cccc(C)c2)c2cc(/C=C/c3c(Cl)cccc3C(F)(F)F)ccc2O1. The summed E-state index contributed by atoms with van der Waals surface area (Å²) in [6.07, 6.45) is -2.30. The van der Waals surface area contributed by atoms with Crippen molar-refractivity contribution in [2.75, 3.05) is 18.0 Å². The third-order valence-corrected chi connectivity index (χ3v) is 8.30. The van der Waals surface area contributed by atoms with Gasteiger partial charge in [0.1, 0.15) is 11.9 Å². The van der Waals surface area contributed by atoms with Gasteiger partial charge in [0, 0.05) is 17.0 Å². The summed E-state index contributed by atoms with van der Waals surface area (Å²) in [7, 11) is -2.78. The number of hydrogen-bond donors (Lipinski definition) is 0. The Morgan fingerprint density at radius 1 is 1.13 bits per heavy atom. The highest BCUT2D eigenvalue weighted by molar-refractivity contribution is 7.92. The number of anilines is 1. The van der Waals surface area contributed by atoms with E-state index in [1.165, 1.54) is 47.8 Å². The molecule has 0 fully saturated rings. The second-order valence-corrected chi connectivity index (χ2v) is 11.2. The molecule has 0 spiro atoms. The Bertz CT molecular complexity index is 1520. The fourth-order valence-corrected chi connectivity index (χ4v) is 6.07. The van der Waals surface area contributed by atoms with Crippen LogP contribution in [0.4, 0.5) is 18.9 Å². The van der Waals surface area contributed by atoms with Crippen molar-refractivity contribution in [2.24, 2.45) is 0 Å². The molecule has 0 radical (unpaired) electrons. The van der Waals surface area contributed by atoms with Crippen molar-refractivity contribution < 1.29 is 35.9 Å². The van der Waals surface area contributed by atoms with Crippen LogP contribution in [0.15, 0.2) is 65.6 Å². The minimum atomic E-state index is -4.60. The highest BCUT2D eigenvalue weighted by atomic mass is 35.5. The highest BCUT2D eigenvalue weighted by Gasteiger charge is 2.35. The Balaban J connectivity index is 1.75. The number of benzene rings is 3. The zero-order chi connectivity index (χ0) is 28.4. The topological polar surface area (TPSA) is 72.9 Å². The lowest BCUT2D eigenvalue weighted by Crippen LogP contribution is -2.43. The van der Waals surface area contributed by atoms with E-state index < -0.39 is 33.8 Å². The molecule has 3 aromatic rings. The van der Waals surface area contributed by atoms with Crippen LogP contribution < -0.4 is 9.04 Å². The average molecular weight is 580 g/mol. The summed E-state index contributed by atoms with van der Waals surface area (Å²) < 4.78 is 79.9. The van der Waals surface area contributed by atoms with Crippen LogP contribution in [-0.4, -0.2) is 34.1 Å². The van der Waals surface area contributed by atoms with Crippen molar-refractivity contribution in [3.05, 3.63) is 87.9 Å². The van der Waals surface area contributed by atoms with E-state index in [2.05, 4.69) is 0 Å². The van der Waals surface area contributed by atoms with E-state index in [1.54, 1.807) is 37.3 Å². The van der Waals surface area contributed by atoms with Gasteiger partial charge in [-0.1, -0.05) is 48.0 Å². The molecule has 1 aliphatic rings. The number of ether oxygens (including phenoxy) is 2. The molecule has 4 rings (SSSR count). The van der Waals surface area contributed by atoms with E-state index in [-0.39, 0.29) is 46.3 Å². The fourth-order valence-electron chi connectivity index (χ4n) is 4.23. The van der Waals surface area contributed by atoms with Gasteiger partial charge >= 0.3 is 12.1 Å². The molecule has 3 aromatic carbocycles. The molecular weight excluding hydrogens is 555 g/mol. The number of alkyl halides is 3. The Morgan fingerprint density at radius 3 is 2.56 bits per heavy atom. The van der Waals surface area contributed by atoms with Crippen LogP contribution in [0.1, 0.15) is 35.1 Å². The Morgan fingerprint density at radius 2 is 1.87 bits per heavy atom. The zero-order valence-corrected chi connectivity index (χ0v) is 22.6. The van der Waals surface area contributed by atoms with Gasteiger partial charge in [0.05, 0.1) is 29.8 Å². The summed E-state index contributed by atoms with van der Waals surface area (Å²) in [5.41, 5.74) is 0.326. The molecule has 0 amide bonds. The average Bonchev–Trinajstić information content (AvgIpc) is 2.89. The maximum absolute atomic E-state index is 13.8. The largest absolute Gasteiger partial charge is 0.486 e. The van der Waals surface area contributed by atoms with Crippen LogP contribution in [-0.2, 0) is 25.7 Å². The van der Waals surface area contributed by atoms with Crippen molar-refractivity contribution in [3.8, 4) is 5.75 Å². The molecule has 1 aliphatic heterocycles. The first-order valence-electron chi connectivity index (χ1n) is 11.9. The lowest BCUT2D eigenvalue weighted by molar-refractivity contribution is -0.141. The Hall–Kier alpha value is -3.50. The van der Waals surface area contributed by atoms with Crippen LogP contribution in [0, 0.1) is 6.92 Å². The predicted octanol–water partition coefficient (Wildman–Crippen LogP) is 6.75. The maximum atomic E-state index is 13.8. The second-order valence-electron chi connectivity index (χ2n) is 8.97. The molecule has 11 heteroatoms. The summed E-state index contributed by atoms with van der Waals surface area (Å²) in [5, 5.41) is -0.0699. The summed E-state index contributed by atoms with van der Waals surface area (Å²) >= 11 is 6.07. The molecule has 6 nitrogen and oxygen atoms in total. The number of carbonyl (C=O) groups excluding carboxylic acids is 1. The summed E-state index contributed by atoms with van der Waals surface area (Å²) in [6.45, 7) is 1.70. The normalized spacial score (nSPS) is 15.6. The quantitative estimate of drug-likeness (QED) is 0.229. The number of nitrogens with zero attached hydrogens (tertiary/aromatic N) is 1. The molecular formula is C28H25ClF3NO5S. The van der Waals surface area contributed by atoms with Crippen LogP contribution in [0.3, 0.4) is 0 Å². The number of aryl methyl sites for hydroxylation is 1. The van der Waals surface area contributed by atoms with Gasteiger partial charge in [-0.2, -0.15) is 13.2 Å². The molecule has 39 heavy (non-hydrogen) atoms. The van der Waals surface area contributed by atoms with Crippen LogP contribution in [0.2, 0.25) is 5.02 Å².